The van der Waals surface area contributed by atoms with E-state index in [-0.39, 0.29) is 0 Å². The topological polar surface area (TPSA) is 183 Å². The largest absolute Gasteiger partial charge is 0.506 e. The Morgan fingerprint density at radius 3 is 1.12 bits per heavy atom. The average molecular weight is 400 g/mol. The van der Waals surface area contributed by atoms with Gasteiger partial charge in [-0.1, -0.05) is 0 Å². The van der Waals surface area contributed by atoms with Crippen LogP contribution in [-0.4, -0.2) is 47.7 Å². The third kappa shape index (κ3) is 2.64. The molecule has 0 aliphatic heterocycles. The summed E-state index contributed by atoms with van der Waals surface area (Å²) in [5.74, 6) is -3.88. The quantitative estimate of drug-likeness (QED) is 0.438. The number of phenols is 2. The van der Waals surface area contributed by atoms with Crippen LogP contribution in [0.5, 0.6) is 11.5 Å². The van der Waals surface area contributed by atoms with E-state index in [1.807, 2.05) is 0 Å². The molecule has 1 aliphatic carbocycles. The van der Waals surface area contributed by atoms with Crippen LogP contribution < -0.4 is 0 Å². The van der Waals surface area contributed by atoms with Gasteiger partial charge in [0.25, 0.3) is 20.2 Å². The van der Waals surface area contributed by atoms with Crippen molar-refractivity contribution >= 4 is 31.8 Å². The SMILES string of the molecule is O=C1c2cc(O)c(S(=O)(=O)O)cc2C(=O)c2cc(S(=O)(=O)O)c(O)cc21. The summed E-state index contributed by atoms with van der Waals surface area (Å²) >= 11 is 0. The van der Waals surface area contributed by atoms with Gasteiger partial charge in [-0.3, -0.25) is 18.7 Å². The first kappa shape index (κ1) is 18.0. The molecule has 0 bridgehead atoms. The Hall–Kier alpha value is -2.80. The number of benzene rings is 2. The third-order valence-corrected chi connectivity index (χ3v) is 5.50. The fourth-order valence-electron chi connectivity index (χ4n) is 2.59. The van der Waals surface area contributed by atoms with Crippen LogP contribution in [0.4, 0.5) is 0 Å². The minimum absolute atomic E-state index is 0.411. The van der Waals surface area contributed by atoms with E-state index >= 15 is 0 Å². The number of fused-ring (bicyclic) bond motifs is 2. The average Bonchev–Trinajstić information content (AvgIpc) is 2.49. The molecule has 0 spiro atoms. The molecule has 2 aromatic rings. The molecule has 0 saturated carbocycles. The van der Waals surface area contributed by atoms with Crippen LogP contribution in [0.15, 0.2) is 34.1 Å². The first-order valence-corrected chi connectivity index (χ1v) is 9.49. The minimum Gasteiger partial charge on any atom is -0.506 e. The zero-order chi connectivity index (χ0) is 19.6. The maximum Gasteiger partial charge on any atom is 0.298 e. The molecule has 26 heavy (non-hydrogen) atoms. The lowest BCUT2D eigenvalue weighted by molar-refractivity contribution is 0.0978. The summed E-state index contributed by atoms with van der Waals surface area (Å²) in [6.07, 6.45) is 0. The first-order valence-electron chi connectivity index (χ1n) is 6.60. The van der Waals surface area contributed by atoms with E-state index in [2.05, 4.69) is 0 Å². The normalized spacial score (nSPS) is 14.1. The summed E-state index contributed by atoms with van der Waals surface area (Å²) in [7, 11) is -9.83. The molecule has 0 unspecified atom stereocenters. The van der Waals surface area contributed by atoms with Crippen molar-refractivity contribution in [1.29, 1.82) is 0 Å². The summed E-state index contributed by atoms with van der Waals surface area (Å²) < 4.78 is 63.2. The van der Waals surface area contributed by atoms with Crippen LogP contribution >= 0.6 is 0 Å². The number of hydrogen-bond acceptors (Lipinski definition) is 8. The zero-order valence-electron chi connectivity index (χ0n) is 12.4. The van der Waals surface area contributed by atoms with Crippen molar-refractivity contribution in [3.63, 3.8) is 0 Å². The number of rotatable bonds is 2. The van der Waals surface area contributed by atoms with Gasteiger partial charge in [0.2, 0.25) is 0 Å². The van der Waals surface area contributed by atoms with Crippen molar-refractivity contribution in [2.75, 3.05) is 0 Å². The van der Waals surface area contributed by atoms with Crippen LogP contribution in [0.3, 0.4) is 0 Å². The molecule has 0 saturated heterocycles. The van der Waals surface area contributed by atoms with Gasteiger partial charge in [0, 0.05) is 22.3 Å². The van der Waals surface area contributed by atoms with Gasteiger partial charge < -0.3 is 10.2 Å². The lowest BCUT2D eigenvalue weighted by Crippen LogP contribution is -2.22. The molecule has 3 rings (SSSR count). The molecular weight excluding hydrogens is 392 g/mol. The van der Waals surface area contributed by atoms with E-state index in [0.717, 1.165) is 0 Å². The van der Waals surface area contributed by atoms with Crippen molar-refractivity contribution in [3.05, 3.63) is 46.5 Å². The molecule has 0 atom stereocenters. The van der Waals surface area contributed by atoms with Gasteiger partial charge in [0.15, 0.2) is 11.6 Å². The Morgan fingerprint density at radius 2 is 0.846 bits per heavy atom. The summed E-state index contributed by atoms with van der Waals surface area (Å²) in [5, 5.41) is 19.4. The van der Waals surface area contributed by atoms with Crippen LogP contribution in [0.1, 0.15) is 31.8 Å². The van der Waals surface area contributed by atoms with E-state index in [1.165, 1.54) is 0 Å². The molecule has 0 amide bonds. The third-order valence-electron chi connectivity index (χ3n) is 3.73. The molecule has 0 radical (unpaired) electrons. The van der Waals surface area contributed by atoms with E-state index in [9.17, 15) is 36.6 Å². The van der Waals surface area contributed by atoms with Crippen LogP contribution in [-0.2, 0) is 20.2 Å². The van der Waals surface area contributed by atoms with Gasteiger partial charge in [0.05, 0.1) is 0 Å². The summed E-state index contributed by atoms with van der Waals surface area (Å²) in [5.41, 5.74) is -1.85. The highest BCUT2D eigenvalue weighted by Gasteiger charge is 2.34. The fraction of sp³-hybridized carbons (Fsp3) is 0. The molecular formula is C14H8O10S2. The smallest absolute Gasteiger partial charge is 0.298 e. The molecule has 0 aromatic heterocycles. The van der Waals surface area contributed by atoms with Gasteiger partial charge in [-0.25, -0.2) is 0 Å². The van der Waals surface area contributed by atoms with E-state index < -0.39 is 75.3 Å². The number of carbonyl (C=O) groups excluding carboxylic acids is 2. The number of ketones is 2. The van der Waals surface area contributed by atoms with Gasteiger partial charge in [-0.2, -0.15) is 16.8 Å². The van der Waals surface area contributed by atoms with Gasteiger partial charge in [-0.05, 0) is 24.3 Å². The second kappa shape index (κ2) is 5.35. The van der Waals surface area contributed by atoms with Crippen LogP contribution in [0.25, 0.3) is 0 Å². The molecule has 2 aromatic carbocycles. The molecule has 136 valence electrons. The Labute approximate surface area is 145 Å². The Morgan fingerprint density at radius 1 is 0.577 bits per heavy atom. The molecule has 0 heterocycles. The summed E-state index contributed by atoms with van der Waals surface area (Å²) in [4.78, 5) is 23.0. The first-order chi connectivity index (χ1) is 11.8. The van der Waals surface area contributed by atoms with Crippen LogP contribution in [0, 0.1) is 0 Å². The molecule has 12 heteroatoms. The van der Waals surface area contributed by atoms with Gasteiger partial charge >= 0.3 is 0 Å². The monoisotopic (exact) mass is 400 g/mol. The maximum absolute atomic E-state index is 12.6. The van der Waals surface area contributed by atoms with Crippen molar-refractivity contribution in [2.24, 2.45) is 0 Å². The molecule has 10 nitrogen and oxygen atoms in total. The van der Waals surface area contributed by atoms with Gasteiger partial charge in [0.1, 0.15) is 21.3 Å². The zero-order valence-corrected chi connectivity index (χ0v) is 14.0. The Balaban J connectivity index is 2.35. The highest BCUT2D eigenvalue weighted by atomic mass is 32.2. The van der Waals surface area contributed by atoms with Gasteiger partial charge in [-0.15, -0.1) is 0 Å². The summed E-state index contributed by atoms with van der Waals surface area (Å²) in [6, 6.07) is 2.47. The minimum atomic E-state index is -4.91. The lowest BCUT2D eigenvalue weighted by atomic mass is 9.84. The molecule has 4 N–H and O–H groups in total. The Bertz CT molecular complexity index is 1130. The van der Waals surface area contributed by atoms with E-state index in [1.54, 1.807) is 0 Å². The van der Waals surface area contributed by atoms with Crippen molar-refractivity contribution in [3.8, 4) is 11.5 Å². The number of phenolic OH excluding ortho intramolecular Hbond substituents is 2. The molecule has 0 fully saturated rings. The van der Waals surface area contributed by atoms with E-state index in [0.29, 0.717) is 24.3 Å². The summed E-state index contributed by atoms with van der Waals surface area (Å²) in [6.45, 7) is 0. The maximum atomic E-state index is 12.6. The second-order valence-electron chi connectivity index (χ2n) is 5.34. The van der Waals surface area contributed by atoms with Crippen molar-refractivity contribution < 1.29 is 45.7 Å². The lowest BCUT2D eigenvalue weighted by Gasteiger charge is -2.19. The van der Waals surface area contributed by atoms with Crippen LogP contribution in [0.2, 0.25) is 0 Å². The predicted octanol–water partition coefficient (Wildman–Crippen LogP) is 0.367. The predicted molar refractivity (Wildman–Crippen MR) is 82.7 cm³/mol. The highest BCUT2D eigenvalue weighted by Crippen LogP contribution is 2.36. The second-order valence-corrected chi connectivity index (χ2v) is 8.12. The van der Waals surface area contributed by atoms with Crippen molar-refractivity contribution in [2.45, 2.75) is 9.79 Å². The number of aromatic hydroxyl groups is 2. The standard InChI is InChI=1S/C14H8O10S2/c15-9-1-5-7(3-11(9)25(19,20)21)14(18)8-4-12(26(22,23)24)10(16)2-6(8)13(5)17/h1-4,15-16H,(H,19,20,21)(H,22,23,24). The van der Waals surface area contributed by atoms with E-state index in [4.69, 9.17) is 9.11 Å². The highest BCUT2D eigenvalue weighted by molar-refractivity contribution is 7.86. The number of carbonyl (C=O) groups is 2. The molecule has 1 aliphatic rings. The number of hydrogen-bond donors (Lipinski definition) is 4. The fourth-order valence-corrected chi connectivity index (χ4v) is 3.77. The van der Waals surface area contributed by atoms with Crippen molar-refractivity contribution in [1.82, 2.24) is 0 Å². The Kier molecular flexibility index (Phi) is 3.70.